The van der Waals surface area contributed by atoms with Gasteiger partial charge in [0.15, 0.2) is 0 Å². The molecule has 0 bridgehead atoms. The normalized spacial score (nSPS) is 16.7. The molecule has 0 radical (unpaired) electrons. The van der Waals surface area contributed by atoms with Crippen LogP contribution in [-0.2, 0) is 0 Å². The molecule has 0 atom stereocenters. The molecule has 0 spiro atoms. The van der Waals surface area contributed by atoms with Gasteiger partial charge in [-0.15, -0.1) is 0 Å². The third kappa shape index (κ3) is 5.85. The van der Waals surface area contributed by atoms with Gasteiger partial charge >= 0.3 is 0 Å². The Morgan fingerprint density at radius 3 is 1.02 bits per heavy atom. The molecular weight excluding hydrogens is 532 g/mol. The molecule has 0 N–H and O–H groups in total. The second kappa shape index (κ2) is 13.2. The smallest absolute Gasteiger partial charge is 0.0744 e. The Kier molecular flexibility index (Phi) is 8.79. The molecule has 0 aliphatic carbocycles. The summed E-state index contributed by atoms with van der Waals surface area (Å²) in [6, 6.07) is 38.8. The lowest BCUT2D eigenvalue weighted by Crippen LogP contribution is -2.03. The Labute approximate surface area is 262 Å². The van der Waals surface area contributed by atoms with Crippen LogP contribution in [0, 0.1) is 0 Å². The van der Waals surface area contributed by atoms with E-state index >= 15 is 0 Å². The third-order valence-electron chi connectivity index (χ3n) is 8.65. The SMILES string of the molecule is CCC1=C(CC)/C(=C\c2ccccc2)N=C1c1ccc(-c2ccc(C3=N/C(=C/c4ccccc4)C(CC)=C3CC)cc2)cc1. The minimum absolute atomic E-state index is 0.970. The maximum Gasteiger partial charge on any atom is 0.0744 e. The topological polar surface area (TPSA) is 24.7 Å². The van der Waals surface area contributed by atoms with Crippen molar-refractivity contribution in [3.8, 4) is 11.1 Å². The minimum Gasteiger partial charge on any atom is -0.248 e. The molecule has 0 aromatic heterocycles. The lowest BCUT2D eigenvalue weighted by molar-refractivity contribution is 1.06. The fourth-order valence-corrected chi connectivity index (χ4v) is 6.43. The maximum atomic E-state index is 5.16. The van der Waals surface area contributed by atoms with E-state index in [0.29, 0.717) is 0 Å². The van der Waals surface area contributed by atoms with Crippen molar-refractivity contribution in [1.29, 1.82) is 0 Å². The molecule has 0 saturated heterocycles. The van der Waals surface area contributed by atoms with E-state index in [0.717, 1.165) is 48.5 Å². The summed E-state index contributed by atoms with van der Waals surface area (Å²) in [5.41, 5.74) is 17.0. The average Bonchev–Trinajstić information content (AvgIpc) is 3.62. The first-order chi connectivity index (χ1) is 21.6. The lowest BCUT2D eigenvalue weighted by atomic mass is 9.93. The van der Waals surface area contributed by atoms with Gasteiger partial charge in [-0.2, -0.15) is 0 Å². The van der Waals surface area contributed by atoms with Gasteiger partial charge in [0, 0.05) is 11.1 Å². The van der Waals surface area contributed by atoms with Gasteiger partial charge in [-0.1, -0.05) is 137 Å². The molecular formula is C42H40N2. The molecule has 2 nitrogen and oxygen atoms in total. The molecule has 0 amide bonds. The fourth-order valence-electron chi connectivity index (χ4n) is 6.43. The number of benzene rings is 4. The van der Waals surface area contributed by atoms with E-state index in [1.807, 2.05) is 0 Å². The van der Waals surface area contributed by atoms with Crippen molar-refractivity contribution >= 4 is 23.6 Å². The van der Waals surface area contributed by atoms with E-state index in [1.165, 1.54) is 55.7 Å². The first-order valence-electron chi connectivity index (χ1n) is 16.0. The molecule has 4 aromatic rings. The zero-order valence-corrected chi connectivity index (χ0v) is 26.3. The molecule has 2 heterocycles. The maximum absolute atomic E-state index is 5.16. The summed E-state index contributed by atoms with van der Waals surface area (Å²) in [6.07, 6.45) is 8.32. The molecule has 2 aliphatic rings. The van der Waals surface area contributed by atoms with Gasteiger partial charge in [0.1, 0.15) is 0 Å². The van der Waals surface area contributed by atoms with E-state index in [2.05, 4.69) is 149 Å². The zero-order chi connectivity index (χ0) is 30.5. The van der Waals surface area contributed by atoms with Crippen LogP contribution in [0.1, 0.15) is 75.6 Å². The van der Waals surface area contributed by atoms with Gasteiger partial charge in [-0.25, -0.2) is 9.98 Å². The van der Waals surface area contributed by atoms with E-state index in [1.54, 1.807) is 0 Å². The first-order valence-corrected chi connectivity index (χ1v) is 16.0. The Morgan fingerprint density at radius 2 is 0.705 bits per heavy atom. The average molecular weight is 573 g/mol. The van der Waals surface area contributed by atoms with Gasteiger partial charge < -0.3 is 0 Å². The van der Waals surface area contributed by atoms with Crippen molar-refractivity contribution in [1.82, 2.24) is 0 Å². The monoisotopic (exact) mass is 572 g/mol. The van der Waals surface area contributed by atoms with Gasteiger partial charge in [0.2, 0.25) is 0 Å². The summed E-state index contributed by atoms with van der Waals surface area (Å²) in [6.45, 7) is 8.93. The van der Waals surface area contributed by atoms with Crippen LogP contribution in [0.5, 0.6) is 0 Å². The van der Waals surface area contributed by atoms with Gasteiger partial charge in [-0.3, -0.25) is 0 Å². The van der Waals surface area contributed by atoms with Crippen LogP contribution in [0.2, 0.25) is 0 Å². The van der Waals surface area contributed by atoms with Gasteiger partial charge in [0.05, 0.1) is 22.8 Å². The third-order valence-corrected chi connectivity index (χ3v) is 8.65. The predicted molar refractivity (Wildman–Crippen MR) is 189 cm³/mol. The van der Waals surface area contributed by atoms with Crippen molar-refractivity contribution in [2.24, 2.45) is 9.98 Å². The summed E-state index contributed by atoms with van der Waals surface area (Å²) in [5, 5.41) is 0. The van der Waals surface area contributed by atoms with E-state index in [4.69, 9.17) is 9.98 Å². The summed E-state index contributed by atoms with van der Waals surface area (Å²) < 4.78 is 0. The van der Waals surface area contributed by atoms with Crippen molar-refractivity contribution in [3.05, 3.63) is 165 Å². The van der Waals surface area contributed by atoms with Gasteiger partial charge in [-0.05, 0) is 82.4 Å². The Balaban J connectivity index is 1.27. The van der Waals surface area contributed by atoms with Crippen LogP contribution in [0.15, 0.2) is 153 Å². The summed E-state index contributed by atoms with van der Waals surface area (Å²) in [7, 11) is 0. The highest BCUT2D eigenvalue weighted by Crippen LogP contribution is 2.36. The molecule has 44 heavy (non-hydrogen) atoms. The fraction of sp³-hybridized carbons (Fsp3) is 0.190. The van der Waals surface area contributed by atoms with Crippen molar-refractivity contribution in [2.75, 3.05) is 0 Å². The number of nitrogens with zero attached hydrogens (tertiary/aromatic N) is 2. The minimum atomic E-state index is 0.970. The quantitative estimate of drug-likeness (QED) is 0.191. The molecule has 4 aromatic carbocycles. The van der Waals surface area contributed by atoms with Crippen LogP contribution in [0.25, 0.3) is 23.3 Å². The number of hydrogen-bond donors (Lipinski definition) is 0. The second-order valence-electron chi connectivity index (χ2n) is 11.3. The van der Waals surface area contributed by atoms with E-state index < -0.39 is 0 Å². The largest absolute Gasteiger partial charge is 0.248 e. The first kappa shape index (κ1) is 29.3. The molecule has 2 heteroatoms. The van der Waals surface area contributed by atoms with Crippen LogP contribution >= 0.6 is 0 Å². The zero-order valence-electron chi connectivity index (χ0n) is 26.3. The highest BCUT2D eigenvalue weighted by Gasteiger charge is 2.24. The summed E-state index contributed by atoms with van der Waals surface area (Å²) >= 11 is 0. The number of rotatable bonds is 9. The Bertz CT molecular complexity index is 1690. The van der Waals surface area contributed by atoms with E-state index in [-0.39, 0.29) is 0 Å². The molecule has 0 fully saturated rings. The summed E-state index contributed by atoms with van der Waals surface area (Å²) in [4.78, 5) is 10.3. The van der Waals surface area contributed by atoms with Crippen molar-refractivity contribution in [3.63, 3.8) is 0 Å². The number of hydrogen-bond acceptors (Lipinski definition) is 2. The molecule has 218 valence electrons. The van der Waals surface area contributed by atoms with Crippen LogP contribution < -0.4 is 0 Å². The highest BCUT2D eigenvalue weighted by molar-refractivity contribution is 6.17. The van der Waals surface area contributed by atoms with Crippen molar-refractivity contribution in [2.45, 2.75) is 53.4 Å². The van der Waals surface area contributed by atoms with Crippen LogP contribution in [0.4, 0.5) is 0 Å². The molecule has 6 rings (SSSR count). The highest BCUT2D eigenvalue weighted by atomic mass is 14.8. The van der Waals surface area contributed by atoms with Gasteiger partial charge in [0.25, 0.3) is 0 Å². The van der Waals surface area contributed by atoms with Crippen LogP contribution in [0.3, 0.4) is 0 Å². The van der Waals surface area contributed by atoms with E-state index in [9.17, 15) is 0 Å². The summed E-state index contributed by atoms with van der Waals surface area (Å²) in [5.74, 6) is 0. The van der Waals surface area contributed by atoms with Crippen LogP contribution in [-0.4, -0.2) is 11.4 Å². The Morgan fingerprint density at radius 1 is 0.386 bits per heavy atom. The number of aliphatic imine (C=N–C) groups is 2. The molecule has 0 saturated carbocycles. The molecule has 2 aliphatic heterocycles. The van der Waals surface area contributed by atoms with Crippen molar-refractivity contribution < 1.29 is 0 Å². The standard InChI is InChI=1S/C42H40N2/c1-5-35-37(7-3)41(43-39(35)27-29-15-11-9-12-16-29)33-23-19-31(20-24-33)32-21-25-34(26-22-32)42-38(8-4)36(6-2)40(44-42)28-30-17-13-10-14-18-30/h9-28H,5-8H2,1-4H3/b39-27+,40-28+. The predicted octanol–water partition coefficient (Wildman–Crippen LogP) is 11.3. The second-order valence-corrected chi connectivity index (χ2v) is 11.3. The lowest BCUT2D eigenvalue weighted by Gasteiger charge is -2.10. The number of allylic oxidation sites excluding steroid dienone is 4. The Hall–Kier alpha value is -4.82. The molecule has 0 unspecified atom stereocenters.